The zero-order valence-corrected chi connectivity index (χ0v) is 8.48. The van der Waals surface area contributed by atoms with E-state index in [0.717, 1.165) is 13.2 Å². The smallest absolute Gasteiger partial charge is 0.203 e. The monoisotopic (exact) mass is 227 g/mol. The van der Waals surface area contributed by atoms with Gasteiger partial charge in [0, 0.05) is 5.56 Å². The van der Waals surface area contributed by atoms with Crippen LogP contribution in [0.3, 0.4) is 0 Å². The second-order valence-corrected chi connectivity index (χ2v) is 3.76. The van der Waals surface area contributed by atoms with Crippen molar-refractivity contribution in [2.75, 3.05) is 7.11 Å². The topological polar surface area (TPSA) is 33.0 Å². The minimum absolute atomic E-state index is 0.0916. The Morgan fingerprint density at radius 2 is 1.94 bits per heavy atom. The van der Waals surface area contributed by atoms with Crippen molar-refractivity contribution in [1.82, 2.24) is 0 Å². The summed E-state index contributed by atoms with van der Waals surface area (Å²) < 4.78 is 44.1. The molecule has 0 aromatic heterocycles. The molecule has 0 heterocycles. The quantitative estimate of drug-likeness (QED) is 0.727. The van der Waals surface area contributed by atoms with Crippen molar-refractivity contribution in [3.05, 3.63) is 29.1 Å². The fraction of sp³-hybridized carbons (Fsp3) is 0.364. The maximum Gasteiger partial charge on any atom is 0.203 e. The van der Waals surface area contributed by atoms with Crippen molar-refractivity contribution in [1.29, 1.82) is 5.26 Å². The summed E-state index contributed by atoms with van der Waals surface area (Å²) in [5.41, 5.74) is -0.824. The van der Waals surface area contributed by atoms with Gasteiger partial charge >= 0.3 is 0 Å². The Morgan fingerprint density at radius 3 is 2.38 bits per heavy atom. The highest BCUT2D eigenvalue weighted by Crippen LogP contribution is 2.51. The first kappa shape index (κ1) is 10.8. The van der Waals surface area contributed by atoms with Crippen molar-refractivity contribution in [3.63, 3.8) is 0 Å². The molecule has 0 saturated heterocycles. The Labute approximate surface area is 90.3 Å². The number of nitriles is 1. The molecule has 0 N–H and O–H groups in total. The lowest BCUT2D eigenvalue weighted by Crippen LogP contribution is -2.09. The van der Waals surface area contributed by atoms with Crippen LogP contribution in [0.2, 0.25) is 0 Å². The van der Waals surface area contributed by atoms with Gasteiger partial charge < -0.3 is 4.74 Å². The van der Waals surface area contributed by atoms with Crippen molar-refractivity contribution in [2.45, 2.75) is 18.3 Å². The van der Waals surface area contributed by atoms with Crippen LogP contribution in [0.15, 0.2) is 6.07 Å². The molecule has 2 rings (SSSR count). The number of rotatable bonds is 2. The van der Waals surface area contributed by atoms with Crippen LogP contribution in [-0.4, -0.2) is 7.11 Å². The van der Waals surface area contributed by atoms with Crippen LogP contribution >= 0.6 is 0 Å². The average Bonchev–Trinajstić information content (AvgIpc) is 3.06. The van der Waals surface area contributed by atoms with Crippen LogP contribution in [0.25, 0.3) is 0 Å². The molecule has 1 aliphatic carbocycles. The molecule has 0 unspecified atom stereocenters. The van der Waals surface area contributed by atoms with E-state index in [1.807, 2.05) is 6.07 Å². The standard InChI is InChI=1S/C11H8F3NO/c1-16-10-6(11(5-15)2-3-11)4-7(12)8(13)9(10)14/h4H,2-3H2,1H3. The van der Waals surface area contributed by atoms with Crippen molar-refractivity contribution in [2.24, 2.45) is 0 Å². The minimum atomic E-state index is -1.57. The SMILES string of the molecule is COc1c(C2(C#N)CC2)cc(F)c(F)c1F. The molecule has 0 spiro atoms. The Bertz CT molecular complexity index is 489. The highest BCUT2D eigenvalue weighted by molar-refractivity contribution is 5.49. The molecule has 0 radical (unpaired) electrons. The van der Waals surface area contributed by atoms with Gasteiger partial charge in [-0.2, -0.15) is 9.65 Å². The minimum Gasteiger partial charge on any atom is -0.493 e. The van der Waals surface area contributed by atoms with Gasteiger partial charge in [0.1, 0.15) is 0 Å². The summed E-state index contributed by atoms with van der Waals surface area (Å²) in [6.45, 7) is 0. The molecule has 1 aromatic rings. The Hall–Kier alpha value is -1.70. The summed E-state index contributed by atoms with van der Waals surface area (Å²) >= 11 is 0. The highest BCUT2D eigenvalue weighted by atomic mass is 19.2. The Balaban J connectivity index is 2.67. The van der Waals surface area contributed by atoms with Crippen LogP contribution in [-0.2, 0) is 5.41 Å². The lowest BCUT2D eigenvalue weighted by atomic mass is 9.96. The van der Waals surface area contributed by atoms with Gasteiger partial charge in [0.2, 0.25) is 5.82 Å². The lowest BCUT2D eigenvalue weighted by molar-refractivity contribution is 0.353. The second-order valence-electron chi connectivity index (χ2n) is 3.76. The predicted molar refractivity (Wildman–Crippen MR) is 49.4 cm³/mol. The number of nitrogens with zero attached hydrogens (tertiary/aromatic N) is 1. The fourth-order valence-corrected chi connectivity index (χ4v) is 1.70. The van der Waals surface area contributed by atoms with Crippen molar-refractivity contribution >= 4 is 0 Å². The lowest BCUT2D eigenvalue weighted by Gasteiger charge is -2.13. The zero-order chi connectivity index (χ0) is 11.9. The molecule has 84 valence electrons. The van der Waals surface area contributed by atoms with E-state index >= 15 is 0 Å². The van der Waals surface area contributed by atoms with Crippen molar-refractivity contribution in [3.8, 4) is 11.8 Å². The molecular formula is C11H8F3NO. The Morgan fingerprint density at radius 1 is 1.31 bits per heavy atom. The van der Waals surface area contributed by atoms with E-state index < -0.39 is 22.9 Å². The summed E-state index contributed by atoms with van der Waals surface area (Å²) in [4.78, 5) is 0. The molecule has 0 bridgehead atoms. The van der Waals surface area contributed by atoms with E-state index in [1.165, 1.54) is 0 Å². The van der Waals surface area contributed by atoms with E-state index in [2.05, 4.69) is 0 Å². The van der Waals surface area contributed by atoms with E-state index in [-0.39, 0.29) is 11.3 Å². The van der Waals surface area contributed by atoms with E-state index in [1.54, 1.807) is 0 Å². The van der Waals surface area contributed by atoms with E-state index in [0.29, 0.717) is 12.8 Å². The zero-order valence-electron chi connectivity index (χ0n) is 8.48. The van der Waals surface area contributed by atoms with Crippen LogP contribution < -0.4 is 4.74 Å². The molecular weight excluding hydrogens is 219 g/mol. The average molecular weight is 227 g/mol. The highest BCUT2D eigenvalue weighted by Gasteiger charge is 2.48. The first-order valence-corrected chi connectivity index (χ1v) is 4.69. The first-order chi connectivity index (χ1) is 7.55. The van der Waals surface area contributed by atoms with Crippen LogP contribution in [0.5, 0.6) is 5.75 Å². The van der Waals surface area contributed by atoms with Gasteiger partial charge in [-0.25, -0.2) is 8.78 Å². The summed E-state index contributed by atoms with van der Waals surface area (Å²) in [5.74, 6) is -4.62. The number of methoxy groups -OCH3 is 1. The van der Waals surface area contributed by atoms with E-state index in [4.69, 9.17) is 10.00 Å². The maximum absolute atomic E-state index is 13.4. The van der Waals surface area contributed by atoms with Gasteiger partial charge in [0.25, 0.3) is 0 Å². The molecule has 5 heteroatoms. The van der Waals surface area contributed by atoms with Gasteiger partial charge in [0.05, 0.1) is 18.6 Å². The normalized spacial score (nSPS) is 16.7. The second kappa shape index (κ2) is 3.41. The molecule has 0 amide bonds. The number of halogens is 3. The third kappa shape index (κ3) is 1.33. The van der Waals surface area contributed by atoms with Crippen LogP contribution in [0.1, 0.15) is 18.4 Å². The third-order valence-corrected chi connectivity index (χ3v) is 2.80. The van der Waals surface area contributed by atoms with Crippen molar-refractivity contribution < 1.29 is 17.9 Å². The van der Waals surface area contributed by atoms with Gasteiger partial charge in [0.15, 0.2) is 17.4 Å². The number of ether oxygens (including phenoxy) is 1. The number of benzene rings is 1. The number of hydrogen-bond acceptors (Lipinski definition) is 2. The van der Waals surface area contributed by atoms with Gasteiger partial charge in [-0.15, -0.1) is 0 Å². The van der Waals surface area contributed by atoms with Gasteiger partial charge in [-0.05, 0) is 18.9 Å². The van der Waals surface area contributed by atoms with Gasteiger partial charge in [-0.1, -0.05) is 0 Å². The van der Waals surface area contributed by atoms with Gasteiger partial charge in [-0.3, -0.25) is 0 Å². The predicted octanol–water partition coefficient (Wildman–Crippen LogP) is 2.67. The molecule has 0 aliphatic heterocycles. The van der Waals surface area contributed by atoms with Crippen LogP contribution in [0, 0.1) is 28.8 Å². The third-order valence-electron chi connectivity index (χ3n) is 2.80. The largest absolute Gasteiger partial charge is 0.493 e. The summed E-state index contributed by atoms with van der Waals surface area (Å²) in [7, 11) is 1.16. The molecule has 1 fully saturated rings. The van der Waals surface area contributed by atoms with Crippen LogP contribution in [0.4, 0.5) is 13.2 Å². The summed E-state index contributed by atoms with van der Waals surface area (Å²) in [6, 6.07) is 2.82. The molecule has 0 atom stereocenters. The molecule has 1 saturated carbocycles. The summed E-state index contributed by atoms with van der Waals surface area (Å²) in [5, 5.41) is 8.94. The molecule has 2 nitrogen and oxygen atoms in total. The molecule has 1 aliphatic rings. The van der Waals surface area contributed by atoms with E-state index in [9.17, 15) is 13.2 Å². The fourth-order valence-electron chi connectivity index (χ4n) is 1.70. The maximum atomic E-state index is 13.4. The first-order valence-electron chi connectivity index (χ1n) is 4.69. The molecule has 1 aromatic carbocycles. The number of hydrogen-bond donors (Lipinski definition) is 0. The Kier molecular flexibility index (Phi) is 2.30. The summed E-state index contributed by atoms with van der Waals surface area (Å²) in [6.07, 6.45) is 1.01. The molecule has 16 heavy (non-hydrogen) atoms.